The van der Waals surface area contributed by atoms with Crippen LogP contribution in [0.15, 0.2) is 36.5 Å². The van der Waals surface area contributed by atoms with E-state index in [4.69, 9.17) is 5.11 Å². The number of rotatable bonds is 4. The van der Waals surface area contributed by atoms with Crippen molar-refractivity contribution >= 4 is 17.8 Å². The Morgan fingerprint density at radius 2 is 1.73 bits per heavy atom. The molecule has 0 aliphatic rings. The van der Waals surface area contributed by atoms with E-state index >= 15 is 0 Å². The van der Waals surface area contributed by atoms with Gasteiger partial charge in [0.25, 0.3) is 11.8 Å². The molecular weight excluding hydrogens is 198 g/mol. The summed E-state index contributed by atoms with van der Waals surface area (Å²) in [6, 6.07) is 0. The second-order valence-electron chi connectivity index (χ2n) is 2.76. The monoisotopic (exact) mass is 209 g/mol. The van der Waals surface area contributed by atoms with Crippen molar-refractivity contribution < 1.29 is 19.5 Å². The summed E-state index contributed by atoms with van der Waals surface area (Å²) in [7, 11) is 0. The predicted octanol–water partition coefficient (Wildman–Crippen LogP) is 0.402. The molecule has 0 saturated heterocycles. The van der Waals surface area contributed by atoms with Gasteiger partial charge in [0.15, 0.2) is 0 Å². The Morgan fingerprint density at radius 1 is 1.20 bits per heavy atom. The van der Waals surface area contributed by atoms with Crippen molar-refractivity contribution in [1.29, 1.82) is 0 Å². The molecule has 0 rings (SSSR count). The van der Waals surface area contributed by atoms with E-state index in [0.29, 0.717) is 0 Å². The van der Waals surface area contributed by atoms with Crippen molar-refractivity contribution in [1.82, 2.24) is 5.32 Å². The summed E-state index contributed by atoms with van der Waals surface area (Å²) in [5.74, 6) is -2.55. The van der Waals surface area contributed by atoms with E-state index in [0.717, 1.165) is 12.2 Å². The fourth-order valence-corrected chi connectivity index (χ4v) is 0.508. The summed E-state index contributed by atoms with van der Waals surface area (Å²) < 4.78 is 0. The van der Waals surface area contributed by atoms with Crippen molar-refractivity contribution in [3.8, 4) is 0 Å². The highest BCUT2D eigenvalue weighted by atomic mass is 16.4. The van der Waals surface area contributed by atoms with E-state index in [9.17, 15) is 14.4 Å². The van der Waals surface area contributed by atoms with Crippen LogP contribution in [-0.2, 0) is 14.4 Å². The summed E-state index contributed by atoms with van der Waals surface area (Å²) in [5, 5.41) is 10.4. The molecule has 15 heavy (non-hydrogen) atoms. The van der Waals surface area contributed by atoms with E-state index in [1.165, 1.54) is 6.92 Å². The molecule has 0 bridgehead atoms. The van der Waals surface area contributed by atoms with Gasteiger partial charge < -0.3 is 5.11 Å². The quantitative estimate of drug-likeness (QED) is 0.518. The highest BCUT2D eigenvalue weighted by Crippen LogP contribution is 1.92. The second-order valence-corrected chi connectivity index (χ2v) is 2.76. The van der Waals surface area contributed by atoms with E-state index in [-0.39, 0.29) is 11.1 Å². The average Bonchev–Trinajstić information content (AvgIpc) is 2.13. The number of carboxylic acid groups (broad SMARTS) is 1. The number of carbonyl (C=O) groups excluding carboxylic acids is 2. The summed E-state index contributed by atoms with van der Waals surface area (Å²) in [6.45, 7) is 7.95. The number of imide groups is 1. The molecule has 0 spiro atoms. The molecule has 0 saturated carbocycles. The molecule has 0 unspecified atom stereocenters. The Morgan fingerprint density at radius 3 is 2.13 bits per heavy atom. The molecule has 2 amide bonds. The number of carboxylic acids is 1. The highest BCUT2D eigenvalue weighted by Gasteiger charge is 2.05. The fraction of sp³-hybridized carbons (Fsp3) is 0.100. The molecule has 0 aromatic heterocycles. The van der Waals surface area contributed by atoms with Gasteiger partial charge in [0, 0.05) is 11.6 Å². The van der Waals surface area contributed by atoms with Gasteiger partial charge in [-0.05, 0) is 13.0 Å². The van der Waals surface area contributed by atoms with Crippen LogP contribution in [0.3, 0.4) is 0 Å². The van der Waals surface area contributed by atoms with E-state index in [2.05, 4.69) is 13.2 Å². The van der Waals surface area contributed by atoms with Crippen LogP contribution in [0.25, 0.3) is 0 Å². The van der Waals surface area contributed by atoms with Crippen molar-refractivity contribution in [2.45, 2.75) is 6.92 Å². The van der Waals surface area contributed by atoms with Gasteiger partial charge in [0.05, 0.1) is 5.57 Å². The average molecular weight is 209 g/mol. The number of carbonyl (C=O) groups is 3. The lowest BCUT2D eigenvalue weighted by molar-refractivity contribution is -0.132. The molecule has 0 aromatic carbocycles. The van der Waals surface area contributed by atoms with Crippen LogP contribution in [0.2, 0.25) is 0 Å². The molecule has 0 fully saturated rings. The molecular formula is C10H11NO4. The zero-order valence-electron chi connectivity index (χ0n) is 8.24. The lowest BCUT2D eigenvalue weighted by Crippen LogP contribution is -2.29. The Kier molecular flexibility index (Phi) is 4.74. The highest BCUT2D eigenvalue weighted by molar-refractivity contribution is 6.07. The first-order valence-electron chi connectivity index (χ1n) is 3.95. The number of nitrogens with one attached hydrogen (secondary N) is 1. The number of amides is 2. The van der Waals surface area contributed by atoms with Crippen LogP contribution in [0.1, 0.15) is 6.92 Å². The number of aliphatic carboxylic acids is 1. The van der Waals surface area contributed by atoms with Gasteiger partial charge in [0.1, 0.15) is 0 Å². The first-order chi connectivity index (χ1) is 6.84. The minimum atomic E-state index is -1.23. The molecule has 0 aliphatic heterocycles. The van der Waals surface area contributed by atoms with Crippen LogP contribution in [0.4, 0.5) is 0 Å². The fourth-order valence-electron chi connectivity index (χ4n) is 0.508. The third-order valence-electron chi connectivity index (χ3n) is 1.33. The van der Waals surface area contributed by atoms with E-state index < -0.39 is 17.8 Å². The van der Waals surface area contributed by atoms with Gasteiger partial charge in [-0.3, -0.25) is 14.9 Å². The van der Waals surface area contributed by atoms with Crippen molar-refractivity contribution in [2.75, 3.05) is 0 Å². The molecule has 5 heteroatoms. The summed E-state index contributed by atoms with van der Waals surface area (Å²) in [4.78, 5) is 32.2. The van der Waals surface area contributed by atoms with Gasteiger partial charge in [-0.1, -0.05) is 13.2 Å². The van der Waals surface area contributed by atoms with Crippen molar-refractivity contribution in [3.05, 3.63) is 36.5 Å². The number of hydrogen-bond acceptors (Lipinski definition) is 3. The maximum Gasteiger partial charge on any atom is 0.335 e. The summed E-state index contributed by atoms with van der Waals surface area (Å²) in [6.07, 6.45) is 1.92. The minimum absolute atomic E-state index is 0.189. The lowest BCUT2D eigenvalue weighted by Gasteiger charge is -1.98. The van der Waals surface area contributed by atoms with Crippen LogP contribution in [0, 0.1) is 0 Å². The molecule has 0 radical (unpaired) electrons. The Balaban J connectivity index is 4.27. The SMILES string of the molecule is C=C(C)C(=O)NC(=O)C=CC(=C)C(=O)O. The summed E-state index contributed by atoms with van der Waals surface area (Å²) >= 11 is 0. The Bertz CT molecular complexity index is 366. The maximum absolute atomic E-state index is 11.0. The lowest BCUT2D eigenvalue weighted by atomic mass is 10.2. The molecule has 0 atom stereocenters. The van der Waals surface area contributed by atoms with Crippen LogP contribution in [-0.4, -0.2) is 22.9 Å². The van der Waals surface area contributed by atoms with Crippen molar-refractivity contribution in [2.24, 2.45) is 0 Å². The molecule has 80 valence electrons. The molecule has 5 nitrogen and oxygen atoms in total. The summed E-state index contributed by atoms with van der Waals surface area (Å²) in [5.41, 5.74) is -0.0539. The largest absolute Gasteiger partial charge is 0.478 e. The van der Waals surface area contributed by atoms with Gasteiger partial charge >= 0.3 is 5.97 Å². The molecule has 2 N–H and O–H groups in total. The normalized spacial score (nSPS) is 9.67. The zero-order valence-corrected chi connectivity index (χ0v) is 8.24. The molecule has 0 aliphatic carbocycles. The smallest absolute Gasteiger partial charge is 0.335 e. The van der Waals surface area contributed by atoms with Crippen LogP contribution < -0.4 is 5.32 Å². The Labute approximate surface area is 86.8 Å². The van der Waals surface area contributed by atoms with E-state index in [1.807, 2.05) is 5.32 Å². The minimum Gasteiger partial charge on any atom is -0.478 e. The van der Waals surface area contributed by atoms with E-state index in [1.54, 1.807) is 0 Å². The van der Waals surface area contributed by atoms with Crippen LogP contribution >= 0.6 is 0 Å². The van der Waals surface area contributed by atoms with Crippen LogP contribution in [0.5, 0.6) is 0 Å². The van der Waals surface area contributed by atoms with Crippen molar-refractivity contribution in [3.63, 3.8) is 0 Å². The van der Waals surface area contributed by atoms with Gasteiger partial charge in [-0.2, -0.15) is 0 Å². The second kappa shape index (κ2) is 5.54. The Hall–Kier alpha value is -2.17. The molecule has 0 heterocycles. The third kappa shape index (κ3) is 5.20. The predicted molar refractivity (Wildman–Crippen MR) is 53.9 cm³/mol. The topological polar surface area (TPSA) is 83.5 Å². The third-order valence-corrected chi connectivity index (χ3v) is 1.33. The molecule has 0 aromatic rings. The van der Waals surface area contributed by atoms with Gasteiger partial charge in [-0.15, -0.1) is 0 Å². The van der Waals surface area contributed by atoms with Gasteiger partial charge in [-0.25, -0.2) is 4.79 Å². The number of hydrogen-bond donors (Lipinski definition) is 2. The first kappa shape index (κ1) is 12.8. The standard InChI is InChI=1S/C10H11NO4/c1-6(2)9(13)11-8(12)5-4-7(3)10(14)15/h4-5H,1,3H2,2H3,(H,14,15)(H,11,12,13). The zero-order chi connectivity index (χ0) is 12.0. The van der Waals surface area contributed by atoms with Gasteiger partial charge in [0.2, 0.25) is 0 Å². The first-order valence-corrected chi connectivity index (χ1v) is 3.95. The maximum atomic E-state index is 11.0.